The van der Waals surface area contributed by atoms with Crippen molar-refractivity contribution in [2.24, 2.45) is 0 Å². The van der Waals surface area contributed by atoms with E-state index in [1.807, 2.05) is 0 Å². The van der Waals surface area contributed by atoms with E-state index in [1.165, 1.54) is 19.2 Å². The lowest BCUT2D eigenvalue weighted by Gasteiger charge is -2.17. The van der Waals surface area contributed by atoms with Crippen LogP contribution in [-0.4, -0.2) is 32.4 Å². The maximum atomic E-state index is 12.7. The highest BCUT2D eigenvalue weighted by molar-refractivity contribution is 5.76. The van der Waals surface area contributed by atoms with Gasteiger partial charge >= 0.3 is 12.3 Å². The molecule has 1 rings (SSSR count). The molecule has 7 heteroatoms. The summed E-state index contributed by atoms with van der Waals surface area (Å²) >= 11 is 0. The molecule has 0 N–H and O–H groups in total. The highest BCUT2D eigenvalue weighted by atomic mass is 19.3. The summed E-state index contributed by atoms with van der Waals surface area (Å²) in [6, 6.07) is 3.83. The van der Waals surface area contributed by atoms with E-state index in [0.717, 1.165) is 6.07 Å². The Kier molecular flexibility index (Phi) is 4.52. The lowest BCUT2D eigenvalue weighted by atomic mass is 10.2. The van der Waals surface area contributed by atoms with E-state index in [2.05, 4.69) is 4.74 Å². The number of hydrogen-bond acceptors (Lipinski definition) is 3. The van der Waals surface area contributed by atoms with Crippen molar-refractivity contribution in [3.8, 4) is 11.5 Å². The van der Waals surface area contributed by atoms with Crippen LogP contribution in [0.2, 0.25) is 0 Å². The molecule has 1 aromatic carbocycles. The van der Waals surface area contributed by atoms with Crippen LogP contribution < -0.4 is 9.47 Å². The standard InChI is InChI=1S/C11H10F4O3/c1-17-8-3-2-7(5-16)4-9(8)18-6-11(14,15)10(12)13/h2-5,10H,6H2,1H3. The van der Waals surface area contributed by atoms with Gasteiger partial charge in [-0.3, -0.25) is 4.79 Å². The first-order valence-corrected chi connectivity index (χ1v) is 4.82. The van der Waals surface area contributed by atoms with Crippen molar-refractivity contribution in [3.63, 3.8) is 0 Å². The second kappa shape index (κ2) is 5.70. The predicted octanol–water partition coefficient (Wildman–Crippen LogP) is 2.79. The number of aldehydes is 1. The summed E-state index contributed by atoms with van der Waals surface area (Å²) < 4.78 is 58.6. The van der Waals surface area contributed by atoms with Gasteiger partial charge < -0.3 is 9.47 Å². The molecule has 18 heavy (non-hydrogen) atoms. The Morgan fingerprint density at radius 3 is 2.50 bits per heavy atom. The van der Waals surface area contributed by atoms with E-state index >= 15 is 0 Å². The molecule has 0 amide bonds. The van der Waals surface area contributed by atoms with E-state index in [9.17, 15) is 22.4 Å². The topological polar surface area (TPSA) is 35.5 Å². The number of ether oxygens (including phenoxy) is 2. The molecule has 0 saturated carbocycles. The molecule has 100 valence electrons. The first-order valence-electron chi connectivity index (χ1n) is 4.82. The van der Waals surface area contributed by atoms with Gasteiger partial charge in [0, 0.05) is 5.56 Å². The summed E-state index contributed by atoms with van der Waals surface area (Å²) in [4.78, 5) is 10.5. The van der Waals surface area contributed by atoms with Gasteiger partial charge in [0.05, 0.1) is 7.11 Å². The zero-order chi connectivity index (χ0) is 13.8. The van der Waals surface area contributed by atoms with E-state index in [1.54, 1.807) is 0 Å². The number of carbonyl (C=O) groups excluding carboxylic acids is 1. The number of methoxy groups -OCH3 is 1. The minimum Gasteiger partial charge on any atom is -0.493 e. The van der Waals surface area contributed by atoms with Gasteiger partial charge in [0.15, 0.2) is 18.1 Å². The van der Waals surface area contributed by atoms with Crippen LogP contribution in [0.3, 0.4) is 0 Å². The van der Waals surface area contributed by atoms with Gasteiger partial charge in [0.25, 0.3) is 0 Å². The number of alkyl halides is 4. The van der Waals surface area contributed by atoms with Crippen molar-refractivity contribution in [3.05, 3.63) is 23.8 Å². The molecular formula is C11H10F4O3. The van der Waals surface area contributed by atoms with Crippen LogP contribution in [0.25, 0.3) is 0 Å². The minimum atomic E-state index is -4.26. The third kappa shape index (κ3) is 3.35. The van der Waals surface area contributed by atoms with Gasteiger partial charge in [0.2, 0.25) is 0 Å². The Hall–Kier alpha value is -1.79. The molecule has 0 saturated heterocycles. The average molecular weight is 266 g/mol. The fraction of sp³-hybridized carbons (Fsp3) is 0.364. The van der Waals surface area contributed by atoms with Crippen LogP contribution in [0, 0.1) is 0 Å². The number of hydrogen-bond donors (Lipinski definition) is 0. The fourth-order valence-corrected chi connectivity index (χ4v) is 1.12. The molecule has 0 spiro atoms. The molecule has 0 heterocycles. The second-order valence-electron chi connectivity index (χ2n) is 3.38. The fourth-order valence-electron chi connectivity index (χ4n) is 1.12. The lowest BCUT2D eigenvalue weighted by Crippen LogP contribution is -2.33. The molecule has 0 radical (unpaired) electrons. The maximum Gasteiger partial charge on any atom is 0.340 e. The minimum absolute atomic E-state index is 0.0747. The first-order chi connectivity index (χ1) is 8.40. The summed E-state index contributed by atoms with van der Waals surface area (Å²) in [6.45, 7) is -1.50. The molecular weight excluding hydrogens is 256 g/mol. The van der Waals surface area contributed by atoms with Crippen LogP contribution in [0.1, 0.15) is 10.4 Å². The number of rotatable bonds is 6. The largest absolute Gasteiger partial charge is 0.493 e. The van der Waals surface area contributed by atoms with E-state index in [-0.39, 0.29) is 17.1 Å². The molecule has 0 unspecified atom stereocenters. The Morgan fingerprint density at radius 1 is 1.33 bits per heavy atom. The summed E-state index contributed by atoms with van der Waals surface area (Å²) in [5, 5.41) is 0. The lowest BCUT2D eigenvalue weighted by molar-refractivity contribution is -0.148. The Balaban J connectivity index is 2.86. The summed E-state index contributed by atoms with van der Waals surface area (Å²) in [6.07, 6.45) is -3.35. The molecule has 0 atom stereocenters. The predicted molar refractivity (Wildman–Crippen MR) is 54.8 cm³/mol. The molecule has 3 nitrogen and oxygen atoms in total. The van der Waals surface area contributed by atoms with Crippen molar-refractivity contribution >= 4 is 6.29 Å². The Bertz CT molecular complexity index is 421. The Morgan fingerprint density at radius 2 is 2.00 bits per heavy atom. The number of halogens is 4. The molecule has 0 aliphatic carbocycles. The molecule has 0 aromatic heterocycles. The molecule has 1 aromatic rings. The normalized spacial score (nSPS) is 11.4. The van der Waals surface area contributed by atoms with Crippen molar-refractivity contribution in [1.82, 2.24) is 0 Å². The SMILES string of the molecule is COc1ccc(C=O)cc1OCC(F)(F)C(F)F. The van der Waals surface area contributed by atoms with Crippen molar-refractivity contribution < 1.29 is 31.8 Å². The second-order valence-corrected chi connectivity index (χ2v) is 3.38. The third-order valence-corrected chi connectivity index (χ3v) is 2.06. The van der Waals surface area contributed by atoms with Gasteiger partial charge in [-0.05, 0) is 18.2 Å². The highest BCUT2D eigenvalue weighted by Crippen LogP contribution is 2.30. The maximum absolute atomic E-state index is 12.7. The van der Waals surface area contributed by atoms with Crippen LogP contribution >= 0.6 is 0 Å². The van der Waals surface area contributed by atoms with Crippen LogP contribution in [0.15, 0.2) is 18.2 Å². The van der Waals surface area contributed by atoms with Gasteiger partial charge in [-0.2, -0.15) is 8.78 Å². The van der Waals surface area contributed by atoms with Crippen LogP contribution in [0.5, 0.6) is 11.5 Å². The van der Waals surface area contributed by atoms with E-state index < -0.39 is 19.0 Å². The Labute approximate surface area is 100 Å². The summed E-state index contributed by atoms with van der Waals surface area (Å²) in [7, 11) is 1.26. The quantitative estimate of drug-likeness (QED) is 0.586. The van der Waals surface area contributed by atoms with Crippen molar-refractivity contribution in [2.75, 3.05) is 13.7 Å². The van der Waals surface area contributed by atoms with Gasteiger partial charge in [-0.1, -0.05) is 0 Å². The summed E-state index contributed by atoms with van der Waals surface area (Å²) in [5.74, 6) is -4.38. The first kappa shape index (κ1) is 14.3. The van der Waals surface area contributed by atoms with Crippen LogP contribution in [0.4, 0.5) is 17.6 Å². The molecule has 0 fully saturated rings. The zero-order valence-corrected chi connectivity index (χ0v) is 9.33. The molecule has 0 aliphatic heterocycles. The number of carbonyl (C=O) groups is 1. The number of benzene rings is 1. The highest BCUT2D eigenvalue weighted by Gasteiger charge is 2.41. The van der Waals surface area contributed by atoms with E-state index in [4.69, 9.17) is 4.74 Å². The zero-order valence-electron chi connectivity index (χ0n) is 9.33. The smallest absolute Gasteiger partial charge is 0.340 e. The van der Waals surface area contributed by atoms with E-state index in [0.29, 0.717) is 6.29 Å². The molecule has 0 aliphatic rings. The summed E-state index contributed by atoms with van der Waals surface area (Å²) in [5.41, 5.74) is 0.158. The monoisotopic (exact) mass is 266 g/mol. The van der Waals surface area contributed by atoms with Gasteiger partial charge in [0.1, 0.15) is 6.29 Å². The van der Waals surface area contributed by atoms with Crippen molar-refractivity contribution in [2.45, 2.75) is 12.3 Å². The average Bonchev–Trinajstić information content (AvgIpc) is 2.35. The van der Waals surface area contributed by atoms with Gasteiger partial charge in [-0.15, -0.1) is 0 Å². The van der Waals surface area contributed by atoms with Crippen molar-refractivity contribution in [1.29, 1.82) is 0 Å². The van der Waals surface area contributed by atoms with Gasteiger partial charge in [-0.25, -0.2) is 8.78 Å². The third-order valence-electron chi connectivity index (χ3n) is 2.06. The van der Waals surface area contributed by atoms with Crippen LogP contribution in [-0.2, 0) is 0 Å². The molecule has 0 bridgehead atoms.